The Kier molecular flexibility index (Phi) is 3.94. The third-order valence-electron chi connectivity index (χ3n) is 3.45. The van der Waals surface area contributed by atoms with Gasteiger partial charge in [-0.1, -0.05) is 6.07 Å². The number of hydrogen-bond acceptors (Lipinski definition) is 4. The minimum Gasteiger partial charge on any atom is -0.486 e. The lowest BCUT2D eigenvalue weighted by Gasteiger charge is -2.18. The maximum Gasteiger partial charge on any atom is 0.161 e. The highest BCUT2D eigenvalue weighted by Crippen LogP contribution is 2.30. The van der Waals surface area contributed by atoms with Crippen molar-refractivity contribution in [2.45, 2.75) is 26.9 Å². The average molecular weight is 289 g/mol. The highest BCUT2D eigenvalue weighted by Gasteiger charge is 2.11. The SMILES string of the molecule is Cc1cc(CNCc2ccc3c(c2)OCCO3)sc1C. The summed E-state index contributed by atoms with van der Waals surface area (Å²) in [5, 5.41) is 3.48. The first kappa shape index (κ1) is 13.5. The zero-order valence-electron chi connectivity index (χ0n) is 11.9. The molecule has 0 aliphatic carbocycles. The molecule has 1 aromatic heterocycles. The van der Waals surface area contributed by atoms with Gasteiger partial charge in [0, 0.05) is 22.8 Å². The fourth-order valence-corrected chi connectivity index (χ4v) is 3.29. The van der Waals surface area contributed by atoms with E-state index < -0.39 is 0 Å². The van der Waals surface area contributed by atoms with Crippen LogP contribution in [0.25, 0.3) is 0 Å². The molecule has 0 radical (unpaired) electrons. The Labute approximate surface area is 123 Å². The summed E-state index contributed by atoms with van der Waals surface area (Å²) in [6.45, 7) is 7.36. The van der Waals surface area contributed by atoms with Crippen molar-refractivity contribution in [3.8, 4) is 11.5 Å². The molecular weight excluding hydrogens is 270 g/mol. The standard InChI is InChI=1S/C16H19NO2S/c1-11-7-14(20-12(11)2)10-17-9-13-3-4-15-16(8-13)19-6-5-18-15/h3-4,7-8,17H,5-6,9-10H2,1-2H3. The highest BCUT2D eigenvalue weighted by molar-refractivity contribution is 7.12. The van der Waals surface area contributed by atoms with E-state index in [0.717, 1.165) is 24.6 Å². The van der Waals surface area contributed by atoms with E-state index >= 15 is 0 Å². The smallest absolute Gasteiger partial charge is 0.161 e. The number of thiophene rings is 1. The van der Waals surface area contributed by atoms with E-state index in [9.17, 15) is 0 Å². The molecule has 0 spiro atoms. The van der Waals surface area contributed by atoms with Gasteiger partial charge in [-0.25, -0.2) is 0 Å². The lowest BCUT2D eigenvalue weighted by molar-refractivity contribution is 0.171. The summed E-state index contributed by atoms with van der Waals surface area (Å²) in [6.07, 6.45) is 0. The summed E-state index contributed by atoms with van der Waals surface area (Å²) >= 11 is 1.87. The summed E-state index contributed by atoms with van der Waals surface area (Å²) < 4.78 is 11.1. The predicted octanol–water partition coefficient (Wildman–Crippen LogP) is 3.43. The molecule has 3 rings (SSSR count). The van der Waals surface area contributed by atoms with Gasteiger partial charge < -0.3 is 14.8 Å². The van der Waals surface area contributed by atoms with E-state index in [1.54, 1.807) is 0 Å². The first-order valence-corrected chi connectivity index (χ1v) is 7.69. The van der Waals surface area contributed by atoms with Crippen molar-refractivity contribution in [3.63, 3.8) is 0 Å². The molecule has 0 saturated carbocycles. The number of nitrogens with one attached hydrogen (secondary N) is 1. The fourth-order valence-electron chi connectivity index (χ4n) is 2.26. The largest absolute Gasteiger partial charge is 0.486 e. The molecule has 1 aromatic carbocycles. The second kappa shape index (κ2) is 5.85. The number of ether oxygens (including phenoxy) is 2. The predicted molar refractivity (Wildman–Crippen MR) is 81.8 cm³/mol. The Morgan fingerprint density at radius 2 is 1.85 bits per heavy atom. The van der Waals surface area contributed by atoms with E-state index in [4.69, 9.17) is 9.47 Å². The number of benzene rings is 1. The van der Waals surface area contributed by atoms with Gasteiger partial charge in [0.1, 0.15) is 13.2 Å². The van der Waals surface area contributed by atoms with Crippen LogP contribution >= 0.6 is 11.3 Å². The van der Waals surface area contributed by atoms with Crippen LogP contribution in [0.4, 0.5) is 0 Å². The second-order valence-corrected chi connectivity index (χ2v) is 6.37. The van der Waals surface area contributed by atoms with Gasteiger partial charge in [0.15, 0.2) is 11.5 Å². The Balaban J connectivity index is 1.58. The van der Waals surface area contributed by atoms with Crippen LogP contribution in [0, 0.1) is 13.8 Å². The van der Waals surface area contributed by atoms with Gasteiger partial charge in [0.05, 0.1) is 0 Å². The summed E-state index contributed by atoms with van der Waals surface area (Å²) in [7, 11) is 0. The van der Waals surface area contributed by atoms with Crippen LogP contribution in [-0.2, 0) is 13.1 Å². The highest BCUT2D eigenvalue weighted by atomic mass is 32.1. The van der Waals surface area contributed by atoms with Crippen LogP contribution in [0.1, 0.15) is 20.9 Å². The van der Waals surface area contributed by atoms with Crippen molar-refractivity contribution in [1.82, 2.24) is 5.32 Å². The van der Waals surface area contributed by atoms with Crippen LogP contribution < -0.4 is 14.8 Å². The molecular formula is C16H19NO2S. The van der Waals surface area contributed by atoms with Crippen LogP contribution in [0.2, 0.25) is 0 Å². The number of hydrogen-bond donors (Lipinski definition) is 1. The molecule has 4 heteroatoms. The minimum absolute atomic E-state index is 0.637. The Morgan fingerprint density at radius 1 is 1.05 bits per heavy atom. The van der Waals surface area contributed by atoms with E-state index in [0.29, 0.717) is 13.2 Å². The monoisotopic (exact) mass is 289 g/mol. The van der Waals surface area contributed by atoms with Crippen molar-refractivity contribution >= 4 is 11.3 Å². The van der Waals surface area contributed by atoms with Crippen molar-refractivity contribution in [1.29, 1.82) is 0 Å². The molecule has 2 heterocycles. The summed E-state index contributed by atoms with van der Waals surface area (Å²) in [4.78, 5) is 2.79. The lowest BCUT2D eigenvalue weighted by atomic mass is 10.2. The maximum absolute atomic E-state index is 5.60. The van der Waals surface area contributed by atoms with Crippen LogP contribution in [0.15, 0.2) is 24.3 Å². The molecule has 0 unspecified atom stereocenters. The normalized spacial score (nSPS) is 13.5. The molecule has 0 amide bonds. The van der Waals surface area contributed by atoms with Crippen molar-refractivity contribution in [2.24, 2.45) is 0 Å². The molecule has 0 fully saturated rings. The van der Waals surface area contributed by atoms with Gasteiger partial charge in [0.25, 0.3) is 0 Å². The Hall–Kier alpha value is -1.52. The lowest BCUT2D eigenvalue weighted by Crippen LogP contribution is -2.16. The molecule has 3 nitrogen and oxygen atoms in total. The van der Waals surface area contributed by atoms with Crippen molar-refractivity contribution in [3.05, 3.63) is 45.1 Å². The van der Waals surface area contributed by atoms with E-state index in [1.165, 1.54) is 20.9 Å². The third kappa shape index (κ3) is 2.97. The summed E-state index contributed by atoms with van der Waals surface area (Å²) in [5.74, 6) is 1.71. The molecule has 1 N–H and O–H groups in total. The molecule has 0 atom stereocenters. The van der Waals surface area contributed by atoms with E-state index in [1.807, 2.05) is 17.4 Å². The Bertz CT molecular complexity index is 587. The first-order chi connectivity index (χ1) is 9.72. The van der Waals surface area contributed by atoms with Crippen molar-refractivity contribution in [2.75, 3.05) is 13.2 Å². The molecule has 0 saturated heterocycles. The van der Waals surface area contributed by atoms with Gasteiger partial charge in [-0.15, -0.1) is 11.3 Å². The minimum atomic E-state index is 0.637. The summed E-state index contributed by atoms with van der Waals surface area (Å²) in [6, 6.07) is 8.40. The average Bonchev–Trinajstić information content (AvgIpc) is 2.77. The fraction of sp³-hybridized carbons (Fsp3) is 0.375. The quantitative estimate of drug-likeness (QED) is 0.935. The second-order valence-electron chi connectivity index (χ2n) is 5.03. The van der Waals surface area contributed by atoms with Gasteiger partial charge in [-0.05, 0) is 43.2 Å². The van der Waals surface area contributed by atoms with Crippen LogP contribution in [0.3, 0.4) is 0 Å². The number of fused-ring (bicyclic) bond motifs is 1. The van der Waals surface area contributed by atoms with Crippen molar-refractivity contribution < 1.29 is 9.47 Å². The zero-order chi connectivity index (χ0) is 13.9. The maximum atomic E-state index is 5.60. The van der Waals surface area contributed by atoms with Crippen LogP contribution in [-0.4, -0.2) is 13.2 Å². The number of aryl methyl sites for hydroxylation is 2. The number of rotatable bonds is 4. The van der Waals surface area contributed by atoms with Gasteiger partial charge in [0.2, 0.25) is 0 Å². The van der Waals surface area contributed by atoms with Gasteiger partial charge in [-0.3, -0.25) is 0 Å². The molecule has 0 bridgehead atoms. The zero-order valence-corrected chi connectivity index (χ0v) is 12.7. The van der Waals surface area contributed by atoms with Gasteiger partial charge >= 0.3 is 0 Å². The molecule has 106 valence electrons. The van der Waals surface area contributed by atoms with E-state index in [-0.39, 0.29) is 0 Å². The molecule has 1 aliphatic rings. The molecule has 20 heavy (non-hydrogen) atoms. The molecule has 2 aromatic rings. The molecule has 1 aliphatic heterocycles. The Morgan fingerprint density at radius 3 is 2.60 bits per heavy atom. The topological polar surface area (TPSA) is 30.5 Å². The third-order valence-corrected chi connectivity index (χ3v) is 4.60. The summed E-state index contributed by atoms with van der Waals surface area (Å²) in [5.41, 5.74) is 2.60. The van der Waals surface area contributed by atoms with E-state index in [2.05, 4.69) is 37.4 Å². The van der Waals surface area contributed by atoms with Gasteiger partial charge in [-0.2, -0.15) is 0 Å². The first-order valence-electron chi connectivity index (χ1n) is 6.87. The van der Waals surface area contributed by atoms with Crippen LogP contribution in [0.5, 0.6) is 11.5 Å².